The number of carbonyl (C=O) groups excluding carboxylic acids is 8. The van der Waals surface area contributed by atoms with E-state index in [4.69, 9.17) is 37.9 Å². The molecule has 18 rings (SSSR count). The van der Waals surface area contributed by atoms with Crippen molar-refractivity contribution in [3.05, 3.63) is 0 Å². The van der Waals surface area contributed by atoms with Gasteiger partial charge < -0.3 is 37.9 Å². The molecule has 0 aromatic carbocycles. The molecule has 18 aliphatic carbocycles. The maximum atomic E-state index is 13.5. The standard InChI is InChI=1S/C26H40O4.C25H38O4.C22H36O4.C21H34O4/c1-5-25(3,4)24(28)29-22-14-17-12-20(22)21(13-17)23(27)30-26(6-2)18-8-15-7-16(10-18)11-19(26)9-15;1-5-24(2,3)23(27)28-21-13-16-11-19(21)20(12-16)22(26)29-25(4)17-7-14-6-15(9-17)10-18(25)8-14;1-5-21(3,4)20(24)25-18-14-15-12-16(18)17(13-15)19(23)26-22(6-2)10-8-7-9-11-22;1-5-20(2,3)19(23)24-17-13-14-11-15(17)16(12-14)18(22)25-21(4)9-7-6-8-10-21/h15-22H,5-14H2,1-4H3;14-21H,5-13H2,1-4H3;15-18H,5-14H2,1-4H3;14-17H,5-13H2,1-4H3. The Morgan fingerprint density at radius 3 is 0.855 bits per heavy atom. The second-order valence-electron chi connectivity index (χ2n) is 43.0. The highest BCUT2D eigenvalue weighted by Crippen LogP contribution is 2.64. The number of rotatable bonds is 22. The molecule has 16 bridgehead atoms. The summed E-state index contributed by atoms with van der Waals surface area (Å²) < 4.78 is 48.7. The highest BCUT2D eigenvalue weighted by molar-refractivity contribution is 5.80. The smallest absolute Gasteiger partial charge is 0.311 e. The van der Waals surface area contributed by atoms with Gasteiger partial charge in [0.2, 0.25) is 0 Å². The van der Waals surface area contributed by atoms with E-state index in [0.29, 0.717) is 47.3 Å². The maximum Gasteiger partial charge on any atom is 0.311 e. The van der Waals surface area contributed by atoms with Crippen molar-refractivity contribution in [3.63, 3.8) is 0 Å². The molecule has 0 heterocycles. The van der Waals surface area contributed by atoms with E-state index in [9.17, 15) is 38.4 Å². The van der Waals surface area contributed by atoms with Crippen molar-refractivity contribution in [2.24, 2.45) is 140 Å². The van der Waals surface area contributed by atoms with E-state index in [0.717, 1.165) is 191 Å². The van der Waals surface area contributed by atoms with Gasteiger partial charge in [-0.2, -0.15) is 0 Å². The molecule has 16 unspecified atom stereocenters. The van der Waals surface area contributed by atoms with E-state index in [1.54, 1.807) is 0 Å². The molecule has 0 spiro atoms. The van der Waals surface area contributed by atoms with E-state index in [1.807, 2.05) is 83.1 Å². The molecule has 18 saturated carbocycles. The first kappa shape index (κ1) is 83.7. The highest BCUT2D eigenvalue weighted by atomic mass is 16.6. The van der Waals surface area contributed by atoms with Crippen LogP contribution in [0, 0.1) is 140 Å². The van der Waals surface area contributed by atoms with Crippen LogP contribution in [0.5, 0.6) is 0 Å². The molecule has 18 aliphatic rings. The molecule has 0 aliphatic heterocycles. The Labute approximate surface area is 662 Å². The zero-order valence-electron chi connectivity index (χ0n) is 71.3. The van der Waals surface area contributed by atoms with Crippen molar-refractivity contribution >= 4 is 47.8 Å². The van der Waals surface area contributed by atoms with Gasteiger partial charge in [0, 0.05) is 23.7 Å². The Kier molecular flexibility index (Phi) is 24.9. The Morgan fingerprint density at radius 2 is 0.564 bits per heavy atom. The molecule has 110 heavy (non-hydrogen) atoms. The van der Waals surface area contributed by atoms with E-state index < -0.39 is 21.7 Å². The lowest BCUT2D eigenvalue weighted by Gasteiger charge is -2.60. The highest BCUT2D eigenvalue weighted by Gasteiger charge is 2.63. The lowest BCUT2D eigenvalue weighted by atomic mass is 9.49. The SMILES string of the molecule is CCC(C)(C)C(=O)OC1CC2CC(C(=O)OC3(C)C4CC5CC(C4)CC3C5)C1C2.CCC(C)(C)C(=O)OC1CC2CC(C(=O)OC3(C)CCCCC3)C1C2.CCC(C)(C)C(=O)OC1CC2CC(C(=O)OC3(CC)C4CC5CC(C4)CC3C5)C1C2.CCC1(OC(=O)C2CC3CC(OC(=O)C(C)(C)CC)C2C3)CCCCC1. The van der Waals surface area contributed by atoms with E-state index in [-0.39, 0.29) is 142 Å². The Balaban J connectivity index is 0.000000129. The molecule has 0 amide bonds. The number of hydrogen-bond acceptors (Lipinski definition) is 16. The molecule has 620 valence electrons. The average molecular weight is 1530 g/mol. The number of carbonyl (C=O) groups is 8. The third kappa shape index (κ3) is 17.0. The van der Waals surface area contributed by atoms with Crippen molar-refractivity contribution in [1.29, 1.82) is 0 Å². The maximum absolute atomic E-state index is 13.5. The summed E-state index contributed by atoms with van der Waals surface area (Å²) in [5.41, 5.74) is -2.82. The summed E-state index contributed by atoms with van der Waals surface area (Å²) in [6, 6.07) is 0. The van der Waals surface area contributed by atoms with Gasteiger partial charge in [0.05, 0.1) is 45.3 Å². The summed E-state index contributed by atoms with van der Waals surface area (Å²) in [5.74, 6) is 7.54. The molecule has 0 radical (unpaired) electrons. The van der Waals surface area contributed by atoms with Gasteiger partial charge in [0.15, 0.2) is 0 Å². The van der Waals surface area contributed by atoms with Gasteiger partial charge in [-0.15, -0.1) is 0 Å². The average Bonchev–Trinajstić information content (AvgIpc) is 1.12. The molecule has 0 aromatic heterocycles. The zero-order valence-corrected chi connectivity index (χ0v) is 71.3. The van der Waals surface area contributed by atoms with Gasteiger partial charge in [-0.3, -0.25) is 38.4 Å². The van der Waals surface area contributed by atoms with Crippen LogP contribution >= 0.6 is 0 Å². The molecule has 0 aromatic rings. The monoisotopic (exact) mass is 1530 g/mol. The van der Waals surface area contributed by atoms with Gasteiger partial charge in [-0.1, -0.05) is 54.4 Å². The summed E-state index contributed by atoms with van der Waals surface area (Å²) in [4.78, 5) is 103. The van der Waals surface area contributed by atoms with Crippen LogP contribution < -0.4 is 0 Å². The van der Waals surface area contributed by atoms with Gasteiger partial charge in [0.1, 0.15) is 46.8 Å². The fraction of sp³-hybridized carbons (Fsp3) is 0.915. The van der Waals surface area contributed by atoms with Crippen molar-refractivity contribution in [1.82, 2.24) is 0 Å². The van der Waals surface area contributed by atoms with Crippen LogP contribution in [0.15, 0.2) is 0 Å². The first-order valence-electron chi connectivity index (χ1n) is 45.7. The van der Waals surface area contributed by atoms with Crippen molar-refractivity contribution in [2.45, 2.75) is 402 Å². The summed E-state index contributed by atoms with van der Waals surface area (Å²) >= 11 is 0. The lowest BCUT2D eigenvalue weighted by molar-refractivity contribution is -0.217. The number of hydrogen-bond donors (Lipinski definition) is 0. The second-order valence-corrected chi connectivity index (χ2v) is 43.0. The molecule has 16 atom stereocenters. The van der Waals surface area contributed by atoms with Gasteiger partial charge in [-0.25, -0.2) is 0 Å². The molecule has 16 nitrogen and oxygen atoms in total. The topological polar surface area (TPSA) is 210 Å². The summed E-state index contributed by atoms with van der Waals surface area (Å²) in [6.07, 6.45) is 39.8. The summed E-state index contributed by atoms with van der Waals surface area (Å²) in [5, 5.41) is 0. The first-order chi connectivity index (χ1) is 52.0. The minimum atomic E-state index is -0.454. The molecular formula is C94H148O16. The van der Waals surface area contributed by atoms with Gasteiger partial charge in [0.25, 0.3) is 0 Å². The predicted octanol–water partition coefficient (Wildman–Crippen LogP) is 20.4. The Bertz CT molecular complexity index is 3250. The van der Waals surface area contributed by atoms with Crippen molar-refractivity contribution < 1.29 is 76.3 Å². The zero-order chi connectivity index (χ0) is 79.0. The fourth-order valence-corrected chi connectivity index (χ4v) is 25.9. The summed E-state index contributed by atoms with van der Waals surface area (Å²) in [6.45, 7) is 32.3. The van der Waals surface area contributed by atoms with Crippen LogP contribution in [-0.4, -0.2) is 94.6 Å². The molecule has 16 heteroatoms. The van der Waals surface area contributed by atoms with E-state index in [2.05, 4.69) is 27.7 Å². The van der Waals surface area contributed by atoms with Crippen molar-refractivity contribution in [3.8, 4) is 0 Å². The van der Waals surface area contributed by atoms with Crippen molar-refractivity contribution in [2.75, 3.05) is 0 Å². The molecule has 18 fully saturated rings. The third-order valence-corrected chi connectivity index (χ3v) is 34.4. The second kappa shape index (κ2) is 32.7. The van der Waals surface area contributed by atoms with Gasteiger partial charge in [-0.05, 0) is 371 Å². The fourth-order valence-electron chi connectivity index (χ4n) is 25.9. The quantitative estimate of drug-likeness (QED) is 0.0729. The van der Waals surface area contributed by atoms with Crippen LogP contribution in [0.2, 0.25) is 0 Å². The molecule has 0 saturated heterocycles. The normalized spacial score (nSPS) is 40.7. The van der Waals surface area contributed by atoms with E-state index >= 15 is 0 Å². The third-order valence-electron chi connectivity index (χ3n) is 34.4. The Morgan fingerprint density at radius 1 is 0.291 bits per heavy atom. The number of esters is 8. The van der Waals surface area contributed by atoms with Gasteiger partial charge >= 0.3 is 47.8 Å². The minimum absolute atomic E-state index is 0.00275. The van der Waals surface area contributed by atoms with E-state index in [1.165, 1.54) is 77.0 Å². The van der Waals surface area contributed by atoms with Crippen LogP contribution in [0.25, 0.3) is 0 Å². The Hall–Kier alpha value is -4.24. The first-order valence-corrected chi connectivity index (χ1v) is 45.7. The van der Waals surface area contributed by atoms with Crippen LogP contribution in [-0.2, 0) is 76.3 Å². The van der Waals surface area contributed by atoms with Crippen LogP contribution in [0.4, 0.5) is 0 Å². The largest absolute Gasteiger partial charge is 0.462 e. The molecule has 0 N–H and O–H groups in total. The van der Waals surface area contributed by atoms with Crippen LogP contribution in [0.1, 0.15) is 355 Å². The molecular weight excluding hydrogens is 1390 g/mol. The number of ether oxygens (including phenoxy) is 8. The lowest BCUT2D eigenvalue weighted by Crippen LogP contribution is -2.60. The number of fused-ring (bicyclic) bond motifs is 8. The predicted molar refractivity (Wildman–Crippen MR) is 421 cm³/mol. The van der Waals surface area contributed by atoms with Crippen LogP contribution in [0.3, 0.4) is 0 Å². The summed E-state index contributed by atoms with van der Waals surface area (Å²) in [7, 11) is 0. The minimum Gasteiger partial charge on any atom is -0.462 e.